The molecule has 1 unspecified atom stereocenters. The van der Waals surface area contributed by atoms with E-state index in [1.807, 2.05) is 4.57 Å². The number of aliphatic hydroxyl groups excluding tert-OH is 1. The number of fused-ring (bicyclic) bond motifs is 1. The van der Waals surface area contributed by atoms with Gasteiger partial charge in [-0.05, 0) is 24.0 Å². The Bertz CT molecular complexity index is 587. The summed E-state index contributed by atoms with van der Waals surface area (Å²) in [5.74, 6) is 0. The fraction of sp³-hybridized carbons (Fsp3) is 0.500. The Labute approximate surface area is 123 Å². The van der Waals surface area contributed by atoms with Crippen molar-refractivity contribution in [2.24, 2.45) is 5.41 Å². The molecule has 0 aliphatic heterocycles. The molecular weight excluding hydrogens is 283 g/mol. The molecule has 0 aliphatic rings. The summed E-state index contributed by atoms with van der Waals surface area (Å²) in [5.41, 5.74) is 1.77. The molecule has 0 spiro atoms. The Morgan fingerprint density at radius 1 is 1.26 bits per heavy atom. The highest BCUT2D eigenvalue weighted by Gasteiger charge is 2.18. The zero-order valence-corrected chi connectivity index (χ0v) is 12.8. The summed E-state index contributed by atoms with van der Waals surface area (Å²) in [5, 5.41) is 11.1. The summed E-state index contributed by atoms with van der Waals surface area (Å²) in [6, 6.07) is 3.53. The van der Waals surface area contributed by atoms with Crippen LogP contribution < -0.4 is 0 Å². The van der Waals surface area contributed by atoms with Crippen LogP contribution in [0.1, 0.15) is 27.2 Å². The zero-order chi connectivity index (χ0) is 14.2. The van der Waals surface area contributed by atoms with Gasteiger partial charge in [-0.25, -0.2) is 4.98 Å². The van der Waals surface area contributed by atoms with E-state index >= 15 is 0 Å². The second kappa shape index (κ2) is 5.31. The van der Waals surface area contributed by atoms with Gasteiger partial charge in [-0.1, -0.05) is 44.0 Å². The van der Waals surface area contributed by atoms with Gasteiger partial charge in [0.05, 0.1) is 40.1 Å². The summed E-state index contributed by atoms with van der Waals surface area (Å²) in [7, 11) is 0. The third kappa shape index (κ3) is 3.62. The highest BCUT2D eigenvalue weighted by atomic mass is 35.5. The average molecular weight is 301 g/mol. The Morgan fingerprint density at radius 3 is 2.53 bits per heavy atom. The van der Waals surface area contributed by atoms with Crippen molar-refractivity contribution >= 4 is 34.2 Å². The number of benzene rings is 1. The quantitative estimate of drug-likeness (QED) is 0.925. The van der Waals surface area contributed by atoms with E-state index in [9.17, 15) is 5.11 Å². The number of hydrogen-bond acceptors (Lipinski definition) is 2. The number of aliphatic hydroxyl groups is 1. The predicted molar refractivity (Wildman–Crippen MR) is 79.8 cm³/mol. The summed E-state index contributed by atoms with van der Waals surface area (Å²) >= 11 is 12.0. The van der Waals surface area contributed by atoms with E-state index in [1.54, 1.807) is 18.5 Å². The number of hydrogen-bond donors (Lipinski definition) is 1. The molecule has 1 aromatic heterocycles. The van der Waals surface area contributed by atoms with Gasteiger partial charge in [0, 0.05) is 0 Å². The van der Waals surface area contributed by atoms with Gasteiger partial charge in [-0.3, -0.25) is 0 Å². The van der Waals surface area contributed by atoms with Crippen molar-refractivity contribution in [3.05, 3.63) is 28.5 Å². The molecule has 2 rings (SSSR count). The van der Waals surface area contributed by atoms with E-state index < -0.39 is 6.10 Å². The summed E-state index contributed by atoms with van der Waals surface area (Å²) in [6.45, 7) is 6.84. The first-order valence-electron chi connectivity index (χ1n) is 6.24. The molecule has 2 aromatic rings. The Kier molecular flexibility index (Phi) is 4.09. The highest BCUT2D eigenvalue weighted by molar-refractivity contribution is 6.42. The van der Waals surface area contributed by atoms with Crippen molar-refractivity contribution in [3.8, 4) is 0 Å². The smallest absolute Gasteiger partial charge is 0.0959 e. The van der Waals surface area contributed by atoms with Gasteiger partial charge in [0.15, 0.2) is 0 Å². The molecule has 3 nitrogen and oxygen atoms in total. The van der Waals surface area contributed by atoms with Crippen molar-refractivity contribution in [1.82, 2.24) is 9.55 Å². The summed E-state index contributed by atoms with van der Waals surface area (Å²) in [6.07, 6.45) is 2.03. The molecule has 0 bridgehead atoms. The largest absolute Gasteiger partial charge is 0.391 e. The van der Waals surface area contributed by atoms with Gasteiger partial charge < -0.3 is 9.67 Å². The lowest BCUT2D eigenvalue weighted by Crippen LogP contribution is -2.22. The minimum absolute atomic E-state index is 0.0940. The fourth-order valence-electron chi connectivity index (χ4n) is 2.20. The second-order valence-electron chi connectivity index (χ2n) is 6.07. The number of rotatable bonds is 3. The Morgan fingerprint density at radius 2 is 1.89 bits per heavy atom. The van der Waals surface area contributed by atoms with Gasteiger partial charge >= 0.3 is 0 Å². The van der Waals surface area contributed by atoms with Gasteiger partial charge in [0.25, 0.3) is 0 Å². The molecule has 0 radical (unpaired) electrons. The van der Waals surface area contributed by atoms with Crippen molar-refractivity contribution < 1.29 is 5.11 Å². The van der Waals surface area contributed by atoms with Gasteiger partial charge in [-0.2, -0.15) is 0 Å². The zero-order valence-electron chi connectivity index (χ0n) is 11.3. The molecule has 1 heterocycles. The van der Waals surface area contributed by atoms with Crippen LogP contribution in [0, 0.1) is 5.41 Å². The topological polar surface area (TPSA) is 38.0 Å². The van der Waals surface area contributed by atoms with Crippen molar-refractivity contribution in [1.29, 1.82) is 0 Å². The van der Waals surface area contributed by atoms with Crippen LogP contribution in [0.3, 0.4) is 0 Å². The SMILES string of the molecule is CC(C)(C)CC(O)Cn1cnc2cc(Cl)c(Cl)cc21. The monoisotopic (exact) mass is 300 g/mol. The maximum atomic E-state index is 10.1. The first kappa shape index (κ1) is 14.6. The average Bonchev–Trinajstić information content (AvgIpc) is 2.59. The molecule has 19 heavy (non-hydrogen) atoms. The van der Waals surface area contributed by atoms with E-state index in [1.165, 1.54) is 0 Å². The standard InChI is InChI=1S/C14H18Cl2N2O/c1-14(2,3)6-9(19)7-18-8-17-12-4-10(15)11(16)5-13(12)18/h4-5,8-9,19H,6-7H2,1-3H3. The third-order valence-corrected chi connectivity index (χ3v) is 3.64. The molecule has 0 aliphatic carbocycles. The van der Waals surface area contributed by atoms with Gasteiger partial charge in [0.2, 0.25) is 0 Å². The van der Waals surface area contributed by atoms with Crippen LogP contribution in [0.25, 0.3) is 11.0 Å². The minimum Gasteiger partial charge on any atom is -0.391 e. The van der Waals surface area contributed by atoms with Crippen molar-refractivity contribution in [2.45, 2.75) is 39.8 Å². The normalized spacial score (nSPS) is 14.0. The van der Waals surface area contributed by atoms with Crippen LogP contribution in [-0.4, -0.2) is 20.8 Å². The lowest BCUT2D eigenvalue weighted by atomic mass is 9.89. The van der Waals surface area contributed by atoms with E-state index in [4.69, 9.17) is 23.2 Å². The van der Waals surface area contributed by atoms with Crippen LogP contribution in [0.15, 0.2) is 18.5 Å². The van der Waals surface area contributed by atoms with E-state index in [-0.39, 0.29) is 5.41 Å². The first-order chi connectivity index (χ1) is 8.76. The fourth-order valence-corrected chi connectivity index (χ4v) is 2.51. The number of imidazole rings is 1. The van der Waals surface area contributed by atoms with Crippen LogP contribution >= 0.6 is 23.2 Å². The number of nitrogens with zero attached hydrogens (tertiary/aromatic N) is 2. The van der Waals surface area contributed by atoms with Crippen LogP contribution in [0.4, 0.5) is 0 Å². The highest BCUT2D eigenvalue weighted by Crippen LogP contribution is 2.28. The maximum Gasteiger partial charge on any atom is 0.0959 e. The molecule has 0 amide bonds. The van der Waals surface area contributed by atoms with E-state index in [2.05, 4.69) is 25.8 Å². The number of aromatic nitrogens is 2. The van der Waals surface area contributed by atoms with Gasteiger partial charge in [-0.15, -0.1) is 0 Å². The predicted octanol–water partition coefficient (Wildman–Crippen LogP) is 4.14. The molecule has 1 atom stereocenters. The number of halogens is 2. The molecular formula is C14H18Cl2N2O. The summed E-state index contributed by atoms with van der Waals surface area (Å²) < 4.78 is 1.91. The van der Waals surface area contributed by atoms with E-state index in [0.29, 0.717) is 16.6 Å². The molecule has 104 valence electrons. The first-order valence-corrected chi connectivity index (χ1v) is 7.00. The van der Waals surface area contributed by atoms with E-state index in [0.717, 1.165) is 17.5 Å². The minimum atomic E-state index is -0.410. The Hall–Kier alpha value is -0.770. The van der Waals surface area contributed by atoms with Crippen LogP contribution in [0.5, 0.6) is 0 Å². The maximum absolute atomic E-state index is 10.1. The Balaban J connectivity index is 2.24. The van der Waals surface area contributed by atoms with Crippen molar-refractivity contribution in [3.63, 3.8) is 0 Å². The van der Waals surface area contributed by atoms with Crippen LogP contribution in [-0.2, 0) is 6.54 Å². The lowest BCUT2D eigenvalue weighted by molar-refractivity contribution is 0.106. The molecule has 0 saturated heterocycles. The summed E-state index contributed by atoms with van der Waals surface area (Å²) in [4.78, 5) is 4.28. The molecule has 1 aromatic carbocycles. The lowest BCUT2D eigenvalue weighted by Gasteiger charge is -2.22. The third-order valence-electron chi connectivity index (χ3n) is 2.92. The molecule has 0 fully saturated rings. The van der Waals surface area contributed by atoms with Crippen molar-refractivity contribution in [2.75, 3.05) is 0 Å². The molecule has 1 N–H and O–H groups in total. The second-order valence-corrected chi connectivity index (χ2v) is 6.88. The molecule has 0 saturated carbocycles. The van der Waals surface area contributed by atoms with Gasteiger partial charge in [0.1, 0.15) is 0 Å². The van der Waals surface area contributed by atoms with Crippen LogP contribution in [0.2, 0.25) is 10.0 Å². The molecule has 5 heteroatoms.